The summed E-state index contributed by atoms with van der Waals surface area (Å²) < 4.78 is 5.14. The maximum atomic E-state index is 12.2. The molecule has 1 unspecified atom stereocenters. The maximum Gasteiger partial charge on any atom is 0.348 e. The first kappa shape index (κ1) is 18.1. The van der Waals surface area contributed by atoms with Crippen LogP contribution in [0, 0.1) is 19.8 Å². The minimum Gasteiger partial charge on any atom is -0.462 e. The summed E-state index contributed by atoms with van der Waals surface area (Å²) in [6, 6.07) is 0. The number of hydrogen-bond donors (Lipinski definition) is 2. The smallest absolute Gasteiger partial charge is 0.348 e. The Hall–Kier alpha value is -1.73. The predicted molar refractivity (Wildman–Crippen MR) is 99.3 cm³/mol. The molecule has 136 valence electrons. The van der Waals surface area contributed by atoms with Gasteiger partial charge < -0.3 is 15.2 Å². The monoisotopic (exact) mass is 363 g/mol. The number of esters is 1. The Kier molecular flexibility index (Phi) is 5.54. The van der Waals surface area contributed by atoms with Crippen molar-refractivity contribution in [1.82, 2.24) is 9.97 Å². The molecule has 0 saturated heterocycles. The second-order valence-corrected chi connectivity index (χ2v) is 7.57. The van der Waals surface area contributed by atoms with E-state index in [2.05, 4.69) is 15.3 Å². The molecule has 0 aromatic carbocycles. The summed E-state index contributed by atoms with van der Waals surface area (Å²) in [4.78, 5) is 22.4. The van der Waals surface area contributed by atoms with Crippen molar-refractivity contribution >= 4 is 33.3 Å². The van der Waals surface area contributed by atoms with Gasteiger partial charge in [0.15, 0.2) is 0 Å². The van der Waals surface area contributed by atoms with Gasteiger partial charge in [0.2, 0.25) is 0 Å². The first-order chi connectivity index (χ1) is 12.0. The quantitative estimate of drug-likeness (QED) is 0.765. The molecule has 1 aliphatic carbocycles. The number of aromatic nitrogens is 2. The lowest BCUT2D eigenvalue weighted by Crippen LogP contribution is -2.27. The number of hydrogen-bond acceptors (Lipinski definition) is 7. The molecule has 0 spiro atoms. The third-order valence-corrected chi connectivity index (χ3v) is 5.95. The first-order valence-corrected chi connectivity index (χ1v) is 9.69. The molecule has 2 N–H and O–H groups in total. The normalized spacial score (nSPS) is 16.3. The molecule has 1 atom stereocenters. The van der Waals surface area contributed by atoms with Crippen LogP contribution in [0.5, 0.6) is 0 Å². The van der Waals surface area contributed by atoms with Gasteiger partial charge in [-0.2, -0.15) is 0 Å². The lowest BCUT2D eigenvalue weighted by molar-refractivity contribution is 0.0531. The van der Waals surface area contributed by atoms with Crippen molar-refractivity contribution in [3.63, 3.8) is 0 Å². The summed E-state index contributed by atoms with van der Waals surface area (Å²) >= 11 is 1.33. The van der Waals surface area contributed by atoms with Gasteiger partial charge >= 0.3 is 5.97 Å². The number of ether oxygens (including phenoxy) is 1. The van der Waals surface area contributed by atoms with E-state index < -0.39 is 0 Å². The van der Waals surface area contributed by atoms with Crippen molar-refractivity contribution in [3.8, 4) is 0 Å². The third-order valence-electron chi connectivity index (χ3n) is 4.79. The van der Waals surface area contributed by atoms with Crippen LogP contribution in [0.2, 0.25) is 0 Å². The largest absolute Gasteiger partial charge is 0.462 e. The van der Waals surface area contributed by atoms with E-state index in [-0.39, 0.29) is 12.1 Å². The van der Waals surface area contributed by atoms with Gasteiger partial charge in [0.1, 0.15) is 21.3 Å². The van der Waals surface area contributed by atoms with E-state index in [0.717, 1.165) is 28.6 Å². The zero-order valence-corrected chi connectivity index (χ0v) is 15.8. The third kappa shape index (κ3) is 3.77. The number of nitrogens with zero attached hydrogens (tertiary/aromatic N) is 2. The predicted octanol–water partition coefficient (Wildman–Crippen LogP) is 3.45. The highest BCUT2D eigenvalue weighted by molar-refractivity contribution is 7.20. The Bertz CT molecular complexity index is 769. The molecule has 0 amide bonds. The van der Waals surface area contributed by atoms with Crippen LogP contribution in [0.15, 0.2) is 0 Å². The SMILES string of the molecule is CCOC(=O)c1sc2nc(C)nc(NCC(O)C3CCCC3)c2c1C. The number of carbonyl (C=O) groups excluding carboxylic acids is 1. The van der Waals surface area contributed by atoms with Crippen LogP contribution >= 0.6 is 11.3 Å². The highest BCUT2D eigenvalue weighted by Crippen LogP contribution is 2.35. The summed E-state index contributed by atoms with van der Waals surface area (Å²) in [6.07, 6.45) is 4.20. The van der Waals surface area contributed by atoms with Crippen LogP contribution in [0.1, 0.15) is 53.7 Å². The second-order valence-electron chi connectivity index (χ2n) is 6.57. The highest BCUT2D eigenvalue weighted by atomic mass is 32.1. The summed E-state index contributed by atoms with van der Waals surface area (Å²) in [5.41, 5.74) is 0.830. The Balaban J connectivity index is 1.87. The van der Waals surface area contributed by atoms with E-state index in [4.69, 9.17) is 4.74 Å². The Morgan fingerprint density at radius 2 is 2.08 bits per heavy atom. The number of carbonyl (C=O) groups is 1. The topological polar surface area (TPSA) is 84.3 Å². The number of thiophene rings is 1. The molecule has 0 radical (unpaired) electrons. The summed E-state index contributed by atoms with van der Waals surface area (Å²) in [5, 5.41) is 14.5. The van der Waals surface area contributed by atoms with Crippen LogP contribution in [-0.4, -0.2) is 40.3 Å². The van der Waals surface area contributed by atoms with Gasteiger partial charge in [0.05, 0.1) is 18.1 Å². The van der Waals surface area contributed by atoms with E-state index in [1.165, 1.54) is 24.2 Å². The second kappa shape index (κ2) is 7.66. The van der Waals surface area contributed by atoms with Gasteiger partial charge in [-0.25, -0.2) is 14.8 Å². The lowest BCUT2D eigenvalue weighted by Gasteiger charge is -2.19. The van der Waals surface area contributed by atoms with Gasteiger partial charge in [-0.15, -0.1) is 11.3 Å². The Labute approximate surface area is 151 Å². The Morgan fingerprint density at radius 1 is 1.36 bits per heavy atom. The molecular weight excluding hydrogens is 338 g/mol. The molecule has 6 nitrogen and oxygen atoms in total. The van der Waals surface area contributed by atoms with Crippen molar-refractivity contribution in [2.24, 2.45) is 5.92 Å². The first-order valence-electron chi connectivity index (χ1n) is 8.88. The summed E-state index contributed by atoms with van der Waals surface area (Å²) in [6.45, 7) is 6.32. The van der Waals surface area contributed by atoms with Crippen LogP contribution in [-0.2, 0) is 4.74 Å². The van der Waals surface area contributed by atoms with Gasteiger partial charge in [0, 0.05) is 6.54 Å². The van der Waals surface area contributed by atoms with Crippen LogP contribution < -0.4 is 5.32 Å². The van der Waals surface area contributed by atoms with Crippen LogP contribution in [0.25, 0.3) is 10.2 Å². The minimum absolute atomic E-state index is 0.322. The number of anilines is 1. The number of rotatable bonds is 6. The number of fused-ring (bicyclic) bond motifs is 1. The lowest BCUT2D eigenvalue weighted by atomic mass is 10.0. The Morgan fingerprint density at radius 3 is 2.76 bits per heavy atom. The molecule has 7 heteroatoms. The molecule has 25 heavy (non-hydrogen) atoms. The van der Waals surface area contributed by atoms with Gasteiger partial charge in [0.25, 0.3) is 0 Å². The van der Waals surface area contributed by atoms with Gasteiger partial charge in [-0.3, -0.25) is 0 Å². The summed E-state index contributed by atoms with van der Waals surface area (Å²) in [5.74, 6) is 1.37. The molecule has 0 bridgehead atoms. The van der Waals surface area contributed by atoms with Gasteiger partial charge in [-0.05, 0) is 45.1 Å². The molecule has 2 heterocycles. The van der Waals surface area contributed by atoms with E-state index >= 15 is 0 Å². The molecular formula is C18H25N3O3S. The van der Waals surface area contributed by atoms with Gasteiger partial charge in [-0.1, -0.05) is 12.8 Å². The zero-order chi connectivity index (χ0) is 18.0. The van der Waals surface area contributed by atoms with Crippen molar-refractivity contribution in [2.75, 3.05) is 18.5 Å². The van der Waals surface area contributed by atoms with E-state index in [1.54, 1.807) is 6.92 Å². The van der Waals surface area contributed by atoms with Crippen molar-refractivity contribution in [2.45, 2.75) is 52.6 Å². The standard InChI is InChI=1S/C18H25N3O3S/c1-4-24-18(23)15-10(2)14-16(20-11(3)21-17(14)25-15)19-9-13(22)12-7-5-6-8-12/h12-13,22H,4-9H2,1-3H3,(H,19,20,21). The van der Waals surface area contributed by atoms with E-state index in [1.807, 2.05) is 13.8 Å². The van der Waals surface area contributed by atoms with Crippen molar-refractivity contribution in [1.29, 1.82) is 0 Å². The highest BCUT2D eigenvalue weighted by Gasteiger charge is 2.24. The number of aliphatic hydroxyl groups excluding tert-OH is 1. The molecule has 1 saturated carbocycles. The molecule has 2 aromatic rings. The van der Waals surface area contributed by atoms with E-state index in [9.17, 15) is 9.90 Å². The average Bonchev–Trinajstić information content (AvgIpc) is 3.21. The average molecular weight is 363 g/mol. The number of aliphatic hydroxyl groups is 1. The van der Waals surface area contributed by atoms with Crippen molar-refractivity contribution in [3.05, 3.63) is 16.3 Å². The maximum absolute atomic E-state index is 12.2. The minimum atomic E-state index is -0.378. The number of nitrogens with one attached hydrogen (secondary N) is 1. The van der Waals surface area contributed by atoms with Crippen molar-refractivity contribution < 1.29 is 14.6 Å². The molecule has 1 aliphatic rings. The fourth-order valence-electron chi connectivity index (χ4n) is 3.47. The molecule has 0 aliphatic heterocycles. The fraction of sp³-hybridized carbons (Fsp3) is 0.611. The molecule has 1 fully saturated rings. The molecule has 2 aromatic heterocycles. The van der Waals surface area contributed by atoms with Crippen LogP contribution in [0.3, 0.4) is 0 Å². The number of aryl methyl sites for hydroxylation is 2. The molecule has 3 rings (SSSR count). The van der Waals surface area contributed by atoms with Crippen LogP contribution in [0.4, 0.5) is 5.82 Å². The zero-order valence-electron chi connectivity index (χ0n) is 15.0. The van der Waals surface area contributed by atoms with E-state index in [0.29, 0.717) is 35.6 Å². The fourth-order valence-corrected chi connectivity index (χ4v) is 4.60. The summed E-state index contributed by atoms with van der Waals surface area (Å²) in [7, 11) is 0.